The smallest absolute Gasteiger partial charge is 0.293 e. The Bertz CT molecular complexity index is 4840. The van der Waals surface area contributed by atoms with E-state index in [9.17, 15) is 39.0 Å². The molecule has 6 aromatic rings. The number of primary amides is 1. The number of aliphatic hydroxyl groups is 1. The molecule has 32 nitrogen and oxygen atoms in total. The molecule has 13 atom stereocenters. The van der Waals surface area contributed by atoms with Gasteiger partial charge in [-0.3, -0.25) is 76.7 Å². The van der Waals surface area contributed by atoms with Gasteiger partial charge in [0.2, 0.25) is 70.9 Å². The molecule has 0 bridgehead atoms. The number of likely N-dealkylation sites (N-methyl/N-ethyl adjacent to an activating group) is 4. The summed E-state index contributed by atoms with van der Waals surface area (Å²) in [5.74, 6) is -15.6. The normalized spacial score (nSPS) is 24.3. The number of hydrogen-bond acceptors (Lipinski definition) is 20. The second kappa shape index (κ2) is 47.4. The van der Waals surface area contributed by atoms with Crippen molar-refractivity contribution in [1.82, 2.24) is 61.0 Å². The van der Waals surface area contributed by atoms with Gasteiger partial charge in [-0.2, -0.15) is 0 Å². The van der Waals surface area contributed by atoms with Crippen molar-refractivity contribution in [2.24, 2.45) is 29.4 Å². The number of aromatic amines is 1. The summed E-state index contributed by atoms with van der Waals surface area (Å²) in [5, 5.41) is 36.8. The lowest BCUT2D eigenvalue weighted by molar-refractivity contribution is -0.153. The summed E-state index contributed by atoms with van der Waals surface area (Å²) >= 11 is 0.889. The number of phenolic OH excluding ortho intramolecular Hbond substituents is 1. The molecule has 3 aliphatic heterocycles. The second-order valence-electron chi connectivity index (χ2n) is 34.2. The predicted molar refractivity (Wildman–Crippen MR) is 475 cm³/mol. The van der Waals surface area contributed by atoms with Crippen molar-refractivity contribution >= 4 is 117 Å². The number of unbranched alkanes of at least 4 members (excludes halogenated alkanes) is 1. The average Bonchev–Trinajstić information content (AvgIpc) is 1.67. The number of nitrogens with zero attached hydrogens (tertiary/aromatic N) is 6. The van der Waals surface area contributed by atoms with E-state index in [1.165, 1.54) is 77.0 Å². The Balaban J connectivity index is 1.11. The molecule has 5 aromatic carbocycles. The summed E-state index contributed by atoms with van der Waals surface area (Å²) in [6, 6.07) is 25.2. The summed E-state index contributed by atoms with van der Waals surface area (Å²) < 4.78 is 5.16. The number of nitrogens with one attached hydrogen (secondary N) is 6. The highest BCUT2D eigenvalue weighted by atomic mass is 32.2. The molecule has 3 fully saturated rings. The van der Waals surface area contributed by atoms with E-state index in [1.54, 1.807) is 143 Å². The standard InChI is InChI=1S/C94H121N13O19S/c1-10-11-32-77-91(122)102(6)51-66(110)46-64(53-126-56-108)82(113)49-69(58(4)5)89(120)104(8)79(45-61-28-19-14-20-29-61)93(124)107-52-67(111)48-80(107)94(125)106-40-23-33-76(106)88(119)100-73(47-63-50-96-70-31-22-21-30-68(63)70)87(118)99-72(42-62-34-36-65(109)37-35-62)86(117)98-71(41-57(2)3)85(116)101-75(81(112)38-39-83(95)114)54-127-55-84(115)97-74(43-59-24-15-12-16-25-59)90(121)105(9)78(92(123)103(77)7)44-60-26-17-13-18-27-60/h12-22,24-31,34-37,50,56-58,64,67,69,71-80,96,109,111H,10-11,23,32-33,38-49,51-55H2,1-9H3,(H2,95,114)(H,97,115)(H,98,117)(H,99,118)(H,100,119)(H,101,116)/t64-,67+,69-,71-,72-,73-,74-,75-,76+,77-,78-,79-,80-/m0/s1. The monoisotopic (exact) mass is 1770 g/mol. The average molecular weight is 1770 g/mol. The number of carbonyl (C=O) groups is 16. The van der Waals surface area contributed by atoms with Crippen LogP contribution in [0.4, 0.5) is 0 Å². The number of ether oxygens (including phenoxy) is 1. The van der Waals surface area contributed by atoms with Crippen molar-refractivity contribution in [2.45, 2.75) is 204 Å². The van der Waals surface area contributed by atoms with Crippen molar-refractivity contribution in [2.75, 3.05) is 65.9 Å². The van der Waals surface area contributed by atoms with Gasteiger partial charge in [-0.15, -0.1) is 11.8 Å². The first kappa shape index (κ1) is 98.7. The second-order valence-corrected chi connectivity index (χ2v) is 35.2. The van der Waals surface area contributed by atoms with Crippen LogP contribution in [0.3, 0.4) is 0 Å². The van der Waals surface area contributed by atoms with E-state index in [4.69, 9.17) is 10.5 Å². The number of aromatic hydroxyl groups is 1. The van der Waals surface area contributed by atoms with E-state index in [0.717, 1.165) is 16.7 Å². The Morgan fingerprint density at radius 2 is 1.13 bits per heavy atom. The number of Topliss-reactive ketones (excluding diaryl/α,β-unsaturated/α-hetero) is 3. The molecule has 127 heavy (non-hydrogen) atoms. The zero-order valence-electron chi connectivity index (χ0n) is 73.7. The van der Waals surface area contributed by atoms with E-state index in [-0.39, 0.29) is 101 Å². The van der Waals surface area contributed by atoms with Crippen LogP contribution in [0, 0.1) is 23.7 Å². The lowest BCUT2D eigenvalue weighted by Crippen LogP contribution is -2.60. The third-order valence-electron chi connectivity index (χ3n) is 23.8. The molecular weight excluding hydrogens is 1650 g/mol. The molecule has 1 aromatic heterocycles. The largest absolute Gasteiger partial charge is 0.508 e. The molecule has 3 saturated heterocycles. The van der Waals surface area contributed by atoms with E-state index in [1.807, 2.05) is 13.0 Å². The third-order valence-corrected chi connectivity index (χ3v) is 24.9. The molecule has 9 rings (SSSR count). The number of carbonyl (C=O) groups excluding carboxylic acids is 16. The van der Waals surface area contributed by atoms with Gasteiger partial charge in [0.1, 0.15) is 72.5 Å². The fourth-order valence-corrected chi connectivity index (χ4v) is 17.5. The summed E-state index contributed by atoms with van der Waals surface area (Å²) in [4.78, 5) is 247. The number of benzene rings is 5. The van der Waals surface area contributed by atoms with Crippen LogP contribution in [0.2, 0.25) is 0 Å². The third kappa shape index (κ3) is 27.7. The SMILES string of the molecule is CCCC[C@H]1C(=O)N(C)CC(=O)C[C@@H](COC=O)C(=O)C[C@@H](C(C)C)C(=O)N(C)[C@@H](Cc2ccccc2)C(=O)N2C[C@H](O)C[C@H]2C(=O)N2CCC[C@@H]2C(=O)N[C@@H](Cc2c[nH]c3ccccc23)C(=O)N[C@@H](Cc2ccc(O)cc2)C(=O)N[C@@H](CC(C)C)C(=O)N[C@H](C(=O)CCC(N)=O)CSCC(=O)N[C@@H](Cc2ccccc2)C(=O)N(C)[C@@H](Cc2ccccc2)C(=O)N1C. The maximum absolute atomic E-state index is 15.7. The number of amides is 12. The molecule has 12 amide bonds. The number of thioether (sulfide) groups is 1. The van der Waals surface area contributed by atoms with Gasteiger partial charge in [0.15, 0.2) is 11.6 Å². The van der Waals surface area contributed by atoms with Gasteiger partial charge < -0.3 is 81.7 Å². The van der Waals surface area contributed by atoms with Gasteiger partial charge in [-0.25, -0.2) is 0 Å². The molecule has 4 heterocycles. The molecule has 0 spiro atoms. The van der Waals surface area contributed by atoms with Crippen LogP contribution in [0.25, 0.3) is 10.9 Å². The highest BCUT2D eigenvalue weighted by molar-refractivity contribution is 8.00. The minimum atomic E-state index is -1.56. The number of H-pyrrole nitrogens is 1. The van der Waals surface area contributed by atoms with Crippen LogP contribution in [-0.4, -0.2) is 272 Å². The number of ketones is 3. The number of hydrogen-bond donors (Lipinski definition) is 9. The van der Waals surface area contributed by atoms with Gasteiger partial charge in [-0.1, -0.05) is 169 Å². The number of aromatic nitrogens is 1. The highest BCUT2D eigenvalue weighted by Gasteiger charge is 2.49. The van der Waals surface area contributed by atoms with E-state index in [0.29, 0.717) is 51.6 Å². The summed E-state index contributed by atoms with van der Waals surface area (Å²) in [7, 11) is 5.57. The Kier molecular flexibility index (Phi) is 36.9. The molecular formula is C94H121N13O19S. The summed E-state index contributed by atoms with van der Waals surface area (Å²) in [6.45, 7) is 7.33. The Morgan fingerprint density at radius 1 is 0.575 bits per heavy atom. The zero-order chi connectivity index (χ0) is 92.3. The van der Waals surface area contributed by atoms with Gasteiger partial charge >= 0.3 is 0 Å². The van der Waals surface area contributed by atoms with Crippen LogP contribution in [0.1, 0.15) is 133 Å². The van der Waals surface area contributed by atoms with Crippen molar-refractivity contribution in [3.8, 4) is 5.75 Å². The Morgan fingerprint density at radius 3 is 1.73 bits per heavy atom. The fraction of sp³-hybridized carbons (Fsp3) is 0.489. The van der Waals surface area contributed by atoms with Crippen molar-refractivity contribution < 1.29 is 91.7 Å². The van der Waals surface area contributed by atoms with Crippen LogP contribution in [0.15, 0.2) is 146 Å². The summed E-state index contributed by atoms with van der Waals surface area (Å²) in [5.41, 5.74) is 9.03. The molecule has 682 valence electrons. The topological polar surface area (TPSA) is 444 Å². The van der Waals surface area contributed by atoms with Crippen LogP contribution in [0.5, 0.6) is 5.75 Å². The van der Waals surface area contributed by atoms with Crippen LogP contribution >= 0.6 is 11.8 Å². The first-order valence-corrected chi connectivity index (χ1v) is 44.6. The fourth-order valence-electron chi connectivity index (χ4n) is 16.6. The number of rotatable bonds is 23. The molecule has 3 aliphatic rings. The van der Waals surface area contributed by atoms with Crippen LogP contribution < -0.4 is 32.3 Å². The minimum absolute atomic E-state index is 0.00874. The van der Waals surface area contributed by atoms with Crippen molar-refractivity contribution in [3.05, 3.63) is 174 Å². The van der Waals surface area contributed by atoms with Gasteiger partial charge in [0.25, 0.3) is 6.47 Å². The maximum atomic E-state index is 15.7. The van der Waals surface area contributed by atoms with E-state index in [2.05, 4.69) is 31.6 Å². The van der Waals surface area contributed by atoms with Crippen LogP contribution in [-0.2, 0) is 114 Å². The molecule has 0 saturated carbocycles. The Hall–Kier alpha value is -12.1. The molecule has 33 heteroatoms. The van der Waals surface area contributed by atoms with Gasteiger partial charge in [0.05, 0.1) is 30.4 Å². The number of aliphatic hydroxyl groups excluding tert-OH is 1. The first-order chi connectivity index (χ1) is 60.6. The molecule has 0 aliphatic carbocycles. The molecule has 0 radical (unpaired) electrons. The number of phenols is 1. The Labute approximate surface area is 744 Å². The minimum Gasteiger partial charge on any atom is -0.508 e. The summed E-state index contributed by atoms with van der Waals surface area (Å²) in [6.07, 6.45) is -1.30. The maximum Gasteiger partial charge on any atom is 0.293 e. The van der Waals surface area contributed by atoms with Gasteiger partial charge in [0, 0.05) is 134 Å². The van der Waals surface area contributed by atoms with Crippen molar-refractivity contribution in [3.63, 3.8) is 0 Å². The number of para-hydroxylation sites is 1. The van der Waals surface area contributed by atoms with Gasteiger partial charge in [-0.05, 0) is 83.5 Å². The lowest BCUT2D eigenvalue weighted by atomic mass is 9.84. The van der Waals surface area contributed by atoms with E-state index >= 15 is 47.9 Å². The number of fused-ring (bicyclic) bond motifs is 3. The van der Waals surface area contributed by atoms with E-state index < -0.39 is 217 Å². The molecule has 10 N–H and O–H groups in total. The predicted octanol–water partition coefficient (Wildman–Crippen LogP) is 4.50. The first-order valence-electron chi connectivity index (χ1n) is 43.4. The quantitative estimate of drug-likeness (QED) is 0.0399. The molecule has 0 unspecified atom stereocenters. The van der Waals surface area contributed by atoms with Crippen molar-refractivity contribution in [1.29, 1.82) is 0 Å². The zero-order valence-corrected chi connectivity index (χ0v) is 74.5. The lowest BCUT2D eigenvalue weighted by Gasteiger charge is -2.37. The highest BCUT2D eigenvalue weighted by Crippen LogP contribution is 2.32. The number of nitrogens with two attached hydrogens (primary N) is 1.